The Morgan fingerprint density at radius 2 is 1.74 bits per heavy atom. The quantitative estimate of drug-likeness (QED) is 0.0993. The number of nitrogens with one attached hydrogen (secondary N) is 1. The molecule has 6 nitrogen and oxygen atoms in total. The molecule has 0 heterocycles. The van der Waals surface area contributed by atoms with Crippen LogP contribution in [0, 0.1) is 0 Å². The van der Waals surface area contributed by atoms with Gasteiger partial charge < -0.3 is 4.52 Å². The number of amides is 1. The lowest BCUT2D eigenvalue weighted by molar-refractivity contribution is 0.0955. The number of carbonyl (C=O) groups is 1. The molecule has 0 aliphatic heterocycles. The third-order valence-corrected chi connectivity index (χ3v) is 8.70. The van der Waals surface area contributed by atoms with Crippen LogP contribution in [0.25, 0.3) is 0 Å². The van der Waals surface area contributed by atoms with Gasteiger partial charge in [0.05, 0.1) is 12.8 Å². The van der Waals surface area contributed by atoms with E-state index in [0.29, 0.717) is 23.5 Å². The molecule has 0 fully saturated rings. The van der Waals surface area contributed by atoms with Crippen molar-refractivity contribution < 1.29 is 18.4 Å². The summed E-state index contributed by atoms with van der Waals surface area (Å²) in [4.78, 5) is 12.5. The third kappa shape index (κ3) is 11.5. The Morgan fingerprint density at radius 1 is 1.00 bits per heavy atom. The topological polar surface area (TPSA) is 77.0 Å². The minimum absolute atomic E-state index is 0.257. The molecule has 1 unspecified atom stereocenters. The van der Waals surface area contributed by atoms with Crippen molar-refractivity contribution in [3.05, 3.63) is 65.2 Å². The van der Waals surface area contributed by atoms with E-state index in [9.17, 15) is 9.36 Å². The Kier molecular flexibility index (Phi) is 13.8. The van der Waals surface area contributed by atoms with E-state index in [2.05, 4.69) is 30.4 Å². The second-order valence-electron chi connectivity index (χ2n) is 8.40. The predicted octanol–water partition coefficient (Wildman–Crippen LogP) is 8.02. The zero-order valence-electron chi connectivity index (χ0n) is 21.2. The van der Waals surface area contributed by atoms with Gasteiger partial charge in [0, 0.05) is 5.56 Å². The molecule has 2 aromatic rings. The summed E-state index contributed by atoms with van der Waals surface area (Å²) in [5.74, 6) is 0.176. The second kappa shape index (κ2) is 16.6. The second-order valence-corrected chi connectivity index (χ2v) is 12.5. The summed E-state index contributed by atoms with van der Waals surface area (Å²) in [6.07, 6.45) is 13.2. The average Bonchev–Trinajstić information content (AvgIpc) is 2.87. The predicted molar refractivity (Wildman–Crippen MR) is 148 cm³/mol. The van der Waals surface area contributed by atoms with Crippen LogP contribution in [0.5, 0.6) is 5.75 Å². The van der Waals surface area contributed by atoms with Crippen molar-refractivity contribution in [1.82, 2.24) is 5.43 Å². The molecule has 0 radical (unpaired) electrons. The number of carbonyl (C=O) groups excluding carboxylic acids is 1. The fourth-order valence-corrected chi connectivity index (χ4v) is 5.43. The van der Waals surface area contributed by atoms with Gasteiger partial charge in [0.1, 0.15) is 5.75 Å². The molecule has 0 aliphatic rings. The normalized spacial score (nSPS) is 13.0. The van der Waals surface area contributed by atoms with Crippen molar-refractivity contribution in [2.75, 3.05) is 12.9 Å². The monoisotopic (exact) mass is 518 g/mol. The Bertz CT molecular complexity index is 983. The third-order valence-electron chi connectivity index (χ3n) is 5.43. The summed E-state index contributed by atoms with van der Waals surface area (Å²) in [5.41, 5.74) is 5.04. The molecule has 1 N–H and O–H groups in total. The lowest BCUT2D eigenvalue weighted by Gasteiger charge is -2.17. The van der Waals surface area contributed by atoms with Crippen LogP contribution < -0.4 is 9.95 Å². The summed E-state index contributed by atoms with van der Waals surface area (Å²) in [5, 5.41) is 4.08. The van der Waals surface area contributed by atoms with Gasteiger partial charge in [0.25, 0.3) is 5.91 Å². The van der Waals surface area contributed by atoms with Gasteiger partial charge in [-0.1, -0.05) is 76.6 Å². The van der Waals surface area contributed by atoms with E-state index in [1.165, 1.54) is 25.5 Å². The van der Waals surface area contributed by atoms with Crippen molar-refractivity contribution in [1.29, 1.82) is 0 Å². The highest BCUT2D eigenvalue weighted by atomic mass is 32.7. The van der Waals surface area contributed by atoms with Crippen molar-refractivity contribution in [3.8, 4) is 5.75 Å². The van der Waals surface area contributed by atoms with Gasteiger partial charge >= 0.3 is 6.80 Å². The molecule has 1 amide bonds. The maximum Gasteiger partial charge on any atom is 0.439 e. The van der Waals surface area contributed by atoms with E-state index in [1.54, 1.807) is 30.5 Å². The Morgan fingerprint density at radius 3 is 2.49 bits per heavy atom. The summed E-state index contributed by atoms with van der Waals surface area (Å²) in [6, 6.07) is 14.7. The van der Waals surface area contributed by atoms with Crippen molar-refractivity contribution >= 4 is 30.3 Å². The molecule has 0 aliphatic carbocycles. The zero-order valence-corrected chi connectivity index (χ0v) is 22.9. The molecule has 8 heteroatoms. The molecule has 0 saturated carbocycles. The van der Waals surface area contributed by atoms with Gasteiger partial charge in [-0.25, -0.2) is 9.99 Å². The molecule has 0 saturated heterocycles. The highest BCUT2D eigenvalue weighted by Gasteiger charge is 2.25. The van der Waals surface area contributed by atoms with E-state index in [4.69, 9.17) is 9.05 Å². The smallest absolute Gasteiger partial charge is 0.417 e. The highest BCUT2D eigenvalue weighted by Crippen LogP contribution is 2.58. The molecular weight excluding hydrogens is 479 g/mol. The standard InChI is InChI=1S/C27H39N2O4PS/c1-4-6-8-10-14-23-15-12-17-25(20-23)27(30)29-28-22-24-16-13-18-26(21-24)33-34(31,35-3)32-19-11-9-7-5-2/h12-13,15-18,20-22H,4-11,14,19H2,1-3H3,(H,29,30). The molecule has 0 aromatic heterocycles. The number of nitrogens with zero attached hydrogens (tertiary/aromatic N) is 1. The number of rotatable bonds is 17. The molecule has 192 valence electrons. The molecular formula is C27H39N2O4PS. The molecule has 2 aromatic carbocycles. The first-order chi connectivity index (χ1) is 17.0. The lowest BCUT2D eigenvalue weighted by Crippen LogP contribution is -2.17. The van der Waals surface area contributed by atoms with E-state index in [1.807, 2.05) is 18.2 Å². The zero-order chi connectivity index (χ0) is 25.4. The molecule has 0 bridgehead atoms. The first-order valence-corrected chi connectivity index (χ1v) is 15.9. The van der Waals surface area contributed by atoms with Crippen LogP contribution in [0.1, 0.15) is 86.7 Å². The van der Waals surface area contributed by atoms with Gasteiger partial charge in [-0.2, -0.15) is 5.10 Å². The van der Waals surface area contributed by atoms with Crippen molar-refractivity contribution in [2.45, 2.75) is 71.6 Å². The van der Waals surface area contributed by atoms with E-state index in [0.717, 1.165) is 55.5 Å². The van der Waals surface area contributed by atoms with Crippen LogP contribution in [0.4, 0.5) is 0 Å². The van der Waals surface area contributed by atoms with Gasteiger partial charge in [-0.3, -0.25) is 9.32 Å². The van der Waals surface area contributed by atoms with Crippen LogP contribution in [-0.4, -0.2) is 25.0 Å². The summed E-state index contributed by atoms with van der Waals surface area (Å²) in [7, 11) is 0. The van der Waals surface area contributed by atoms with Crippen LogP contribution >= 0.6 is 18.2 Å². The van der Waals surface area contributed by atoms with Gasteiger partial charge in [-0.15, -0.1) is 0 Å². The fraction of sp³-hybridized carbons (Fsp3) is 0.481. The minimum atomic E-state index is -3.29. The Labute approximate surface area is 214 Å². The highest BCUT2D eigenvalue weighted by molar-refractivity contribution is 8.54. The Hall–Kier alpha value is -2.08. The largest absolute Gasteiger partial charge is 0.439 e. The number of benzene rings is 2. The van der Waals surface area contributed by atoms with Crippen molar-refractivity contribution in [3.63, 3.8) is 0 Å². The number of hydrogen-bond donors (Lipinski definition) is 1. The maximum absolute atomic E-state index is 12.9. The number of aryl methyl sites for hydroxylation is 1. The van der Waals surface area contributed by atoms with Gasteiger partial charge in [0.15, 0.2) is 0 Å². The summed E-state index contributed by atoms with van der Waals surface area (Å²) in [6.45, 7) is 1.46. The van der Waals surface area contributed by atoms with Crippen LogP contribution in [0.2, 0.25) is 0 Å². The number of hydrazone groups is 1. The van der Waals surface area contributed by atoms with Crippen LogP contribution in [0.15, 0.2) is 53.6 Å². The Balaban J connectivity index is 1.90. The minimum Gasteiger partial charge on any atom is -0.417 e. The van der Waals surface area contributed by atoms with Gasteiger partial charge in [-0.05, 0) is 72.3 Å². The molecule has 1 atom stereocenters. The first kappa shape index (κ1) is 29.2. The number of unbranched alkanes of at least 4 members (excludes halogenated alkanes) is 6. The molecule has 2 rings (SSSR count). The fourth-order valence-electron chi connectivity index (χ4n) is 3.46. The van der Waals surface area contributed by atoms with E-state index >= 15 is 0 Å². The first-order valence-electron chi connectivity index (χ1n) is 12.5. The summed E-state index contributed by atoms with van der Waals surface area (Å²) >= 11 is 1.08. The van der Waals surface area contributed by atoms with E-state index < -0.39 is 6.80 Å². The van der Waals surface area contributed by atoms with E-state index in [-0.39, 0.29) is 5.91 Å². The number of hydrogen-bond acceptors (Lipinski definition) is 6. The maximum atomic E-state index is 12.9. The van der Waals surface area contributed by atoms with Crippen LogP contribution in [-0.2, 0) is 15.5 Å². The average molecular weight is 519 g/mol. The lowest BCUT2D eigenvalue weighted by atomic mass is 10.0. The van der Waals surface area contributed by atoms with Crippen molar-refractivity contribution in [2.24, 2.45) is 5.10 Å². The van der Waals surface area contributed by atoms with Crippen LogP contribution in [0.3, 0.4) is 0 Å². The summed E-state index contributed by atoms with van der Waals surface area (Å²) < 4.78 is 24.2. The molecule has 35 heavy (non-hydrogen) atoms. The SMILES string of the molecule is CCCCCCOP(=O)(Oc1cccc(C=NNC(=O)c2cccc(CCCCCC)c2)c1)SC. The molecule has 0 spiro atoms. The van der Waals surface area contributed by atoms with Gasteiger partial charge in [0.2, 0.25) is 0 Å².